The first-order valence-electron chi connectivity index (χ1n) is 6.28. The average Bonchev–Trinajstić information content (AvgIpc) is 2.87. The minimum Gasteiger partial charge on any atom is -0.308 e. The molecule has 0 aliphatic heterocycles. The zero-order chi connectivity index (χ0) is 14.8. The van der Waals surface area contributed by atoms with Crippen LogP contribution in [0.25, 0.3) is 10.9 Å². The molecule has 0 saturated heterocycles. The number of anilines is 1. The number of amides is 1. The van der Waals surface area contributed by atoms with Gasteiger partial charge in [0.25, 0.3) is 5.56 Å². The van der Waals surface area contributed by atoms with Gasteiger partial charge in [-0.3, -0.25) is 14.7 Å². The molecule has 2 heterocycles. The van der Waals surface area contributed by atoms with Gasteiger partial charge < -0.3 is 5.32 Å². The normalized spacial score (nSPS) is 10.7. The zero-order valence-electron chi connectivity index (χ0n) is 11.2. The van der Waals surface area contributed by atoms with E-state index in [1.54, 1.807) is 30.3 Å². The predicted octanol–water partition coefficient (Wildman–Crippen LogP) is 0.462. The Labute approximate surface area is 118 Å². The van der Waals surface area contributed by atoms with E-state index in [0.717, 1.165) is 10.4 Å². The number of hydrogen-bond acceptors (Lipinski definition) is 5. The van der Waals surface area contributed by atoms with Crippen LogP contribution in [0.15, 0.2) is 35.1 Å². The molecular formula is C13H12N6O2. The molecule has 1 aromatic carbocycles. The number of aromatic amines is 1. The van der Waals surface area contributed by atoms with Gasteiger partial charge in [-0.25, -0.2) is 4.68 Å². The topological polar surface area (TPSA) is 106 Å². The van der Waals surface area contributed by atoms with Crippen molar-refractivity contribution in [1.82, 2.24) is 25.2 Å². The van der Waals surface area contributed by atoms with Gasteiger partial charge in [0.2, 0.25) is 5.91 Å². The van der Waals surface area contributed by atoms with Gasteiger partial charge in [-0.15, -0.1) is 5.10 Å². The van der Waals surface area contributed by atoms with Crippen molar-refractivity contribution in [2.45, 2.75) is 13.5 Å². The van der Waals surface area contributed by atoms with Gasteiger partial charge in [0.15, 0.2) is 5.82 Å². The van der Waals surface area contributed by atoms with E-state index in [1.165, 1.54) is 0 Å². The highest BCUT2D eigenvalue weighted by atomic mass is 16.2. The number of H-pyrrole nitrogens is 1. The van der Waals surface area contributed by atoms with Crippen molar-refractivity contribution in [1.29, 1.82) is 0 Å². The van der Waals surface area contributed by atoms with E-state index in [4.69, 9.17) is 0 Å². The van der Waals surface area contributed by atoms with Crippen molar-refractivity contribution in [2.24, 2.45) is 0 Å². The minimum absolute atomic E-state index is 0.220. The minimum atomic E-state index is -0.395. The second-order valence-corrected chi connectivity index (χ2v) is 4.55. The maximum atomic E-state index is 12.2. The fourth-order valence-corrected chi connectivity index (χ4v) is 1.93. The Morgan fingerprint density at radius 3 is 2.95 bits per heavy atom. The van der Waals surface area contributed by atoms with Gasteiger partial charge in [0.05, 0.1) is 5.39 Å². The molecule has 106 valence electrons. The molecule has 1 amide bonds. The summed E-state index contributed by atoms with van der Waals surface area (Å²) < 4.78 is 1.02. The quantitative estimate of drug-likeness (QED) is 0.727. The SMILES string of the molecule is Cc1cc(NC(=O)Cn2nnc3ccccc3c2=O)n[nH]1. The van der Waals surface area contributed by atoms with Crippen LogP contribution in [-0.2, 0) is 11.3 Å². The number of nitrogens with zero attached hydrogens (tertiary/aromatic N) is 4. The maximum Gasteiger partial charge on any atom is 0.278 e. The second kappa shape index (κ2) is 5.16. The monoisotopic (exact) mass is 284 g/mol. The van der Waals surface area contributed by atoms with Crippen molar-refractivity contribution >= 4 is 22.6 Å². The summed E-state index contributed by atoms with van der Waals surface area (Å²) in [5, 5.41) is 17.3. The summed E-state index contributed by atoms with van der Waals surface area (Å²) in [5.41, 5.74) is 0.976. The molecule has 0 fully saturated rings. The molecular weight excluding hydrogens is 272 g/mol. The van der Waals surface area contributed by atoms with E-state index in [0.29, 0.717) is 16.7 Å². The first-order chi connectivity index (χ1) is 10.1. The van der Waals surface area contributed by atoms with Gasteiger partial charge in [-0.1, -0.05) is 17.3 Å². The summed E-state index contributed by atoms with van der Waals surface area (Å²) in [6, 6.07) is 8.54. The number of carbonyl (C=O) groups is 1. The van der Waals surface area contributed by atoms with Crippen LogP contribution >= 0.6 is 0 Å². The van der Waals surface area contributed by atoms with Crippen molar-refractivity contribution in [2.75, 3.05) is 5.32 Å². The number of benzene rings is 1. The van der Waals surface area contributed by atoms with E-state index in [2.05, 4.69) is 25.8 Å². The zero-order valence-corrected chi connectivity index (χ0v) is 11.2. The molecule has 2 aromatic heterocycles. The Morgan fingerprint density at radius 2 is 2.19 bits per heavy atom. The number of aromatic nitrogens is 5. The van der Waals surface area contributed by atoms with Crippen molar-refractivity contribution in [3.63, 3.8) is 0 Å². The van der Waals surface area contributed by atoms with Crippen LogP contribution in [0.1, 0.15) is 5.69 Å². The highest BCUT2D eigenvalue weighted by Crippen LogP contribution is 2.05. The summed E-state index contributed by atoms with van der Waals surface area (Å²) in [5.74, 6) is 0.00692. The Hall–Kier alpha value is -3.03. The number of aryl methyl sites for hydroxylation is 1. The third-order valence-electron chi connectivity index (χ3n) is 2.90. The molecule has 0 radical (unpaired) electrons. The van der Waals surface area contributed by atoms with Gasteiger partial charge in [-0.05, 0) is 19.1 Å². The van der Waals surface area contributed by atoms with Crippen molar-refractivity contribution in [3.05, 3.63) is 46.4 Å². The van der Waals surface area contributed by atoms with Gasteiger partial charge in [0, 0.05) is 11.8 Å². The van der Waals surface area contributed by atoms with E-state index in [1.807, 2.05) is 6.92 Å². The largest absolute Gasteiger partial charge is 0.308 e. The molecule has 8 heteroatoms. The number of hydrogen-bond donors (Lipinski definition) is 2. The Bertz CT molecular complexity index is 866. The maximum absolute atomic E-state index is 12.2. The first-order valence-corrected chi connectivity index (χ1v) is 6.28. The van der Waals surface area contributed by atoms with Crippen LogP contribution in [0.2, 0.25) is 0 Å². The molecule has 2 N–H and O–H groups in total. The summed E-state index contributed by atoms with van der Waals surface area (Å²) >= 11 is 0. The molecule has 0 atom stereocenters. The first kappa shape index (κ1) is 13.0. The molecule has 21 heavy (non-hydrogen) atoms. The molecule has 0 aliphatic rings. The lowest BCUT2D eigenvalue weighted by Gasteiger charge is -2.04. The number of nitrogens with one attached hydrogen (secondary N) is 2. The fourth-order valence-electron chi connectivity index (χ4n) is 1.93. The second-order valence-electron chi connectivity index (χ2n) is 4.55. The Morgan fingerprint density at radius 1 is 1.38 bits per heavy atom. The van der Waals surface area contributed by atoms with Crippen LogP contribution < -0.4 is 10.9 Å². The standard InChI is InChI=1S/C13H12N6O2/c1-8-6-11(17-15-8)14-12(20)7-19-13(21)9-4-2-3-5-10(9)16-18-19/h2-6H,7H2,1H3,(H2,14,15,17,20). The highest BCUT2D eigenvalue weighted by Gasteiger charge is 2.10. The van der Waals surface area contributed by atoms with Crippen LogP contribution in [0, 0.1) is 6.92 Å². The van der Waals surface area contributed by atoms with Crippen LogP contribution in [-0.4, -0.2) is 31.1 Å². The smallest absolute Gasteiger partial charge is 0.278 e. The lowest BCUT2D eigenvalue weighted by Crippen LogP contribution is -2.30. The highest BCUT2D eigenvalue weighted by molar-refractivity contribution is 5.89. The number of fused-ring (bicyclic) bond motifs is 1. The summed E-state index contributed by atoms with van der Waals surface area (Å²) in [7, 11) is 0. The molecule has 0 spiro atoms. The third-order valence-corrected chi connectivity index (χ3v) is 2.90. The summed E-state index contributed by atoms with van der Waals surface area (Å²) in [4.78, 5) is 24.1. The van der Waals surface area contributed by atoms with E-state index in [9.17, 15) is 9.59 Å². The molecule has 0 saturated carbocycles. The molecule has 3 aromatic rings. The van der Waals surface area contributed by atoms with Gasteiger partial charge in [-0.2, -0.15) is 5.10 Å². The predicted molar refractivity (Wildman–Crippen MR) is 75.8 cm³/mol. The summed E-state index contributed by atoms with van der Waals surface area (Å²) in [6.45, 7) is 1.60. The van der Waals surface area contributed by atoms with Gasteiger partial charge >= 0.3 is 0 Å². The average molecular weight is 284 g/mol. The molecule has 0 aliphatic carbocycles. The van der Waals surface area contributed by atoms with Crippen LogP contribution in [0.5, 0.6) is 0 Å². The lowest BCUT2D eigenvalue weighted by atomic mass is 10.2. The van der Waals surface area contributed by atoms with E-state index < -0.39 is 5.91 Å². The third kappa shape index (κ3) is 2.64. The molecule has 3 rings (SSSR count). The van der Waals surface area contributed by atoms with E-state index >= 15 is 0 Å². The van der Waals surface area contributed by atoms with Crippen molar-refractivity contribution in [3.8, 4) is 0 Å². The van der Waals surface area contributed by atoms with Crippen LogP contribution in [0.4, 0.5) is 5.82 Å². The summed E-state index contributed by atoms with van der Waals surface area (Å²) in [6.07, 6.45) is 0. The molecule has 8 nitrogen and oxygen atoms in total. The number of carbonyl (C=O) groups excluding carboxylic acids is 1. The van der Waals surface area contributed by atoms with E-state index in [-0.39, 0.29) is 12.1 Å². The Kier molecular flexibility index (Phi) is 3.19. The molecule has 0 unspecified atom stereocenters. The molecule has 0 bridgehead atoms. The number of rotatable bonds is 3. The fraction of sp³-hybridized carbons (Fsp3) is 0.154. The lowest BCUT2D eigenvalue weighted by molar-refractivity contribution is -0.117. The van der Waals surface area contributed by atoms with Crippen LogP contribution in [0.3, 0.4) is 0 Å². The van der Waals surface area contributed by atoms with Crippen molar-refractivity contribution < 1.29 is 4.79 Å². The van der Waals surface area contributed by atoms with Gasteiger partial charge in [0.1, 0.15) is 12.1 Å². The Balaban J connectivity index is 1.83.